The van der Waals surface area contributed by atoms with E-state index < -0.39 is 0 Å². The number of halogens is 1. The van der Waals surface area contributed by atoms with Crippen molar-refractivity contribution in [2.75, 3.05) is 5.32 Å². The maximum atomic E-state index is 13.4. The van der Waals surface area contributed by atoms with Crippen LogP contribution in [0.25, 0.3) is 11.4 Å². The second-order valence-corrected chi connectivity index (χ2v) is 4.19. The number of rotatable bonds is 3. The second-order valence-electron chi connectivity index (χ2n) is 4.19. The van der Waals surface area contributed by atoms with Gasteiger partial charge in [-0.2, -0.15) is 4.98 Å². The highest BCUT2D eigenvalue weighted by Gasteiger charge is 2.10. The quantitative estimate of drug-likeness (QED) is 0.888. The van der Waals surface area contributed by atoms with Crippen LogP contribution in [-0.2, 0) is 0 Å². The number of benzene rings is 1. The molecule has 2 rings (SSSR count). The van der Waals surface area contributed by atoms with Crippen molar-refractivity contribution in [2.24, 2.45) is 0 Å². The van der Waals surface area contributed by atoms with Gasteiger partial charge >= 0.3 is 6.01 Å². The van der Waals surface area contributed by atoms with E-state index in [1.165, 1.54) is 6.07 Å². The van der Waals surface area contributed by atoms with E-state index in [1.807, 2.05) is 13.8 Å². The maximum Gasteiger partial charge on any atom is 0.321 e. The summed E-state index contributed by atoms with van der Waals surface area (Å²) in [5.41, 5.74) is 1.20. The zero-order valence-corrected chi connectivity index (χ0v) is 9.99. The molecule has 1 aromatic heterocycles. The van der Waals surface area contributed by atoms with Crippen LogP contribution in [0.15, 0.2) is 22.7 Å². The van der Waals surface area contributed by atoms with Gasteiger partial charge < -0.3 is 9.84 Å². The van der Waals surface area contributed by atoms with E-state index in [2.05, 4.69) is 15.5 Å². The molecule has 17 heavy (non-hydrogen) atoms. The van der Waals surface area contributed by atoms with Gasteiger partial charge in [-0.3, -0.25) is 0 Å². The van der Waals surface area contributed by atoms with Crippen molar-refractivity contribution in [3.05, 3.63) is 29.6 Å². The van der Waals surface area contributed by atoms with Crippen molar-refractivity contribution >= 4 is 6.01 Å². The molecule has 0 aliphatic heterocycles. The van der Waals surface area contributed by atoms with E-state index in [0.29, 0.717) is 23.0 Å². The van der Waals surface area contributed by atoms with Crippen LogP contribution in [0.4, 0.5) is 10.4 Å². The molecule has 0 aliphatic carbocycles. The fraction of sp³-hybridized carbons (Fsp3) is 0.333. The summed E-state index contributed by atoms with van der Waals surface area (Å²) in [5, 5.41) is 6.78. The molecule has 1 N–H and O–H groups in total. The Bertz CT molecular complexity index is 522. The van der Waals surface area contributed by atoms with Crippen molar-refractivity contribution in [3.63, 3.8) is 0 Å². The van der Waals surface area contributed by atoms with E-state index >= 15 is 0 Å². The van der Waals surface area contributed by atoms with Crippen molar-refractivity contribution < 1.29 is 8.91 Å². The van der Waals surface area contributed by atoms with Crippen LogP contribution < -0.4 is 5.32 Å². The van der Waals surface area contributed by atoms with Gasteiger partial charge in [0.05, 0.1) is 0 Å². The first-order valence-electron chi connectivity index (χ1n) is 5.43. The minimum absolute atomic E-state index is 0.207. The molecule has 0 aliphatic rings. The first-order chi connectivity index (χ1) is 8.06. The third kappa shape index (κ3) is 2.61. The van der Waals surface area contributed by atoms with Gasteiger partial charge in [-0.15, -0.1) is 0 Å². The lowest BCUT2D eigenvalue weighted by Crippen LogP contribution is -2.09. The maximum absolute atomic E-state index is 13.4. The monoisotopic (exact) mass is 235 g/mol. The predicted molar refractivity (Wildman–Crippen MR) is 63.2 cm³/mol. The molecule has 0 radical (unpaired) electrons. The lowest BCUT2D eigenvalue weighted by atomic mass is 10.1. The van der Waals surface area contributed by atoms with Crippen LogP contribution in [-0.4, -0.2) is 16.2 Å². The SMILES string of the molecule is Cc1ccc(-c2noc(NC(C)C)n2)cc1F. The molecule has 0 spiro atoms. The molecule has 90 valence electrons. The van der Waals surface area contributed by atoms with Gasteiger partial charge in [-0.25, -0.2) is 4.39 Å². The molecule has 4 nitrogen and oxygen atoms in total. The van der Waals surface area contributed by atoms with E-state index in [9.17, 15) is 4.39 Å². The van der Waals surface area contributed by atoms with Gasteiger partial charge in [0.2, 0.25) is 5.82 Å². The van der Waals surface area contributed by atoms with Crippen LogP contribution in [0.1, 0.15) is 19.4 Å². The minimum atomic E-state index is -0.273. The Hall–Kier alpha value is -1.91. The van der Waals surface area contributed by atoms with Crippen molar-refractivity contribution in [1.82, 2.24) is 10.1 Å². The number of aromatic nitrogens is 2. The van der Waals surface area contributed by atoms with Crippen LogP contribution >= 0.6 is 0 Å². The molecular weight excluding hydrogens is 221 g/mol. The zero-order valence-electron chi connectivity index (χ0n) is 9.99. The van der Waals surface area contributed by atoms with Gasteiger partial charge in [-0.05, 0) is 32.4 Å². The highest BCUT2D eigenvalue weighted by Crippen LogP contribution is 2.20. The molecule has 0 atom stereocenters. The van der Waals surface area contributed by atoms with E-state index in [1.54, 1.807) is 19.1 Å². The molecule has 0 fully saturated rings. The number of nitrogens with zero attached hydrogens (tertiary/aromatic N) is 2. The molecule has 0 unspecified atom stereocenters. The van der Waals surface area contributed by atoms with Gasteiger partial charge in [-0.1, -0.05) is 17.3 Å². The van der Waals surface area contributed by atoms with Gasteiger partial charge in [0.1, 0.15) is 5.82 Å². The first-order valence-corrected chi connectivity index (χ1v) is 5.43. The third-order valence-electron chi connectivity index (χ3n) is 2.27. The fourth-order valence-electron chi connectivity index (χ4n) is 1.38. The summed E-state index contributed by atoms with van der Waals surface area (Å²) < 4.78 is 18.4. The Balaban J connectivity index is 2.27. The van der Waals surface area contributed by atoms with E-state index in [0.717, 1.165) is 0 Å². The Morgan fingerprint density at radius 2 is 2.12 bits per heavy atom. The summed E-state index contributed by atoms with van der Waals surface area (Å²) in [4.78, 5) is 4.14. The molecule has 2 aromatic rings. The highest BCUT2D eigenvalue weighted by atomic mass is 19.1. The second kappa shape index (κ2) is 4.53. The first kappa shape index (κ1) is 11.6. The lowest BCUT2D eigenvalue weighted by molar-refractivity contribution is 0.429. The van der Waals surface area contributed by atoms with Crippen LogP contribution in [0, 0.1) is 12.7 Å². The van der Waals surface area contributed by atoms with Crippen LogP contribution in [0.5, 0.6) is 0 Å². The Kier molecular flexibility index (Phi) is 3.08. The van der Waals surface area contributed by atoms with Gasteiger partial charge in [0.15, 0.2) is 0 Å². The Labute approximate surface area is 98.8 Å². The normalized spacial score (nSPS) is 10.9. The van der Waals surface area contributed by atoms with Crippen molar-refractivity contribution in [1.29, 1.82) is 0 Å². The highest BCUT2D eigenvalue weighted by molar-refractivity contribution is 5.56. The van der Waals surface area contributed by atoms with Crippen molar-refractivity contribution in [2.45, 2.75) is 26.8 Å². The summed E-state index contributed by atoms with van der Waals surface area (Å²) in [7, 11) is 0. The molecule has 0 saturated heterocycles. The molecule has 0 amide bonds. The van der Waals surface area contributed by atoms with Gasteiger partial charge in [0, 0.05) is 11.6 Å². The predicted octanol–water partition coefficient (Wildman–Crippen LogP) is 3.00. The van der Waals surface area contributed by atoms with Crippen molar-refractivity contribution in [3.8, 4) is 11.4 Å². The number of aryl methyl sites for hydroxylation is 1. The summed E-state index contributed by atoms with van der Waals surface area (Å²) >= 11 is 0. The van der Waals surface area contributed by atoms with E-state index in [-0.39, 0.29) is 11.9 Å². The number of hydrogen-bond donors (Lipinski definition) is 1. The lowest BCUT2D eigenvalue weighted by Gasteiger charge is -2.01. The zero-order chi connectivity index (χ0) is 12.4. The topological polar surface area (TPSA) is 51.0 Å². The summed E-state index contributed by atoms with van der Waals surface area (Å²) in [6, 6.07) is 5.41. The van der Waals surface area contributed by atoms with Gasteiger partial charge in [0.25, 0.3) is 0 Å². The fourth-order valence-corrected chi connectivity index (χ4v) is 1.38. The molecule has 1 heterocycles. The Morgan fingerprint density at radius 3 is 2.76 bits per heavy atom. The van der Waals surface area contributed by atoms with Crippen LogP contribution in [0.3, 0.4) is 0 Å². The smallest absolute Gasteiger partial charge is 0.321 e. The summed E-state index contributed by atoms with van der Waals surface area (Å²) in [6.45, 7) is 5.64. The average molecular weight is 235 g/mol. The number of anilines is 1. The van der Waals surface area contributed by atoms with E-state index in [4.69, 9.17) is 4.52 Å². The summed E-state index contributed by atoms with van der Waals surface area (Å²) in [6.07, 6.45) is 0. The summed E-state index contributed by atoms with van der Waals surface area (Å²) in [5.74, 6) is 0.109. The molecule has 0 bridgehead atoms. The third-order valence-corrected chi connectivity index (χ3v) is 2.27. The standard InChI is InChI=1S/C12H14FN3O/c1-7(2)14-12-15-11(16-17-12)9-5-4-8(3)10(13)6-9/h4-7H,1-3H3,(H,14,15,16). The molecule has 1 aromatic carbocycles. The molecular formula is C12H14FN3O. The molecule has 5 heteroatoms. The largest absolute Gasteiger partial charge is 0.336 e. The Morgan fingerprint density at radius 1 is 1.35 bits per heavy atom. The minimum Gasteiger partial charge on any atom is -0.336 e. The number of nitrogens with one attached hydrogen (secondary N) is 1. The average Bonchev–Trinajstić information content (AvgIpc) is 2.69. The van der Waals surface area contributed by atoms with Crippen LogP contribution in [0.2, 0.25) is 0 Å². The molecule has 0 saturated carbocycles. The number of hydrogen-bond acceptors (Lipinski definition) is 4.